The van der Waals surface area contributed by atoms with E-state index in [1.54, 1.807) is 48.5 Å². The molecule has 0 aliphatic carbocycles. The number of para-hydroxylation sites is 1. The third-order valence-corrected chi connectivity index (χ3v) is 5.16. The Morgan fingerprint density at radius 2 is 1.90 bits per heavy atom. The number of ether oxygens (including phenoxy) is 2. The van der Waals surface area contributed by atoms with Crippen molar-refractivity contribution < 1.29 is 22.6 Å². The number of nitrogens with two attached hydrogens (primary N) is 1. The highest BCUT2D eigenvalue weighted by Gasteiger charge is 2.45. The molecule has 1 atom stereocenters. The highest BCUT2D eigenvalue weighted by Crippen LogP contribution is 2.48. The van der Waals surface area contributed by atoms with Gasteiger partial charge in [0.2, 0.25) is 11.8 Å². The van der Waals surface area contributed by atoms with E-state index in [0.717, 1.165) is 0 Å². The molecule has 1 aromatic heterocycles. The average molecular weight is 447 g/mol. The molecule has 158 valence electrons. The van der Waals surface area contributed by atoms with Gasteiger partial charge in [0.15, 0.2) is 0 Å². The summed E-state index contributed by atoms with van der Waals surface area (Å²) in [6.45, 7) is 0.0748. The van der Waals surface area contributed by atoms with Crippen LogP contribution in [0.2, 0.25) is 5.02 Å². The van der Waals surface area contributed by atoms with Gasteiger partial charge in [-0.15, -0.1) is 5.10 Å². The fraction of sp³-hybridized carbons (Fsp3) is 0.143. The average Bonchev–Trinajstić information content (AvgIpc) is 3.16. The van der Waals surface area contributed by atoms with E-state index >= 15 is 0 Å². The fourth-order valence-corrected chi connectivity index (χ4v) is 3.58. The van der Waals surface area contributed by atoms with Crippen molar-refractivity contribution in [2.45, 2.75) is 18.7 Å². The second kappa shape index (κ2) is 7.89. The van der Waals surface area contributed by atoms with Gasteiger partial charge >= 0.3 is 6.18 Å². The van der Waals surface area contributed by atoms with Gasteiger partial charge in [0.1, 0.15) is 29.7 Å². The zero-order valence-electron chi connectivity index (χ0n) is 15.7. The molecular formula is C21H14ClF3N4O2. The summed E-state index contributed by atoms with van der Waals surface area (Å²) in [6, 6.07) is 15.4. The summed E-state index contributed by atoms with van der Waals surface area (Å²) in [7, 11) is 0. The number of H-pyrrole nitrogens is 1. The van der Waals surface area contributed by atoms with E-state index in [-0.39, 0.29) is 35.3 Å². The molecule has 0 saturated heterocycles. The van der Waals surface area contributed by atoms with Gasteiger partial charge in [0, 0.05) is 16.1 Å². The third-order valence-electron chi connectivity index (χ3n) is 4.79. The number of rotatable bonds is 4. The van der Waals surface area contributed by atoms with Crippen LogP contribution in [0.25, 0.3) is 0 Å². The van der Waals surface area contributed by atoms with Crippen molar-refractivity contribution in [1.82, 2.24) is 10.2 Å². The number of halogens is 4. The number of aromatic nitrogens is 2. The molecular weight excluding hydrogens is 433 g/mol. The van der Waals surface area contributed by atoms with Gasteiger partial charge in [0.25, 0.3) is 0 Å². The predicted octanol–water partition coefficient (Wildman–Crippen LogP) is 4.88. The van der Waals surface area contributed by atoms with Crippen LogP contribution in [-0.2, 0) is 12.8 Å². The van der Waals surface area contributed by atoms with E-state index in [4.69, 9.17) is 26.8 Å². The van der Waals surface area contributed by atoms with Crippen LogP contribution in [0.5, 0.6) is 11.6 Å². The van der Waals surface area contributed by atoms with Crippen molar-refractivity contribution in [3.05, 3.63) is 87.4 Å². The van der Waals surface area contributed by atoms with Gasteiger partial charge in [-0.3, -0.25) is 5.10 Å². The Morgan fingerprint density at radius 3 is 2.61 bits per heavy atom. The van der Waals surface area contributed by atoms with Crippen LogP contribution in [0, 0.1) is 11.3 Å². The van der Waals surface area contributed by atoms with Crippen LogP contribution in [-0.4, -0.2) is 10.2 Å². The number of hydrogen-bond acceptors (Lipinski definition) is 5. The number of hydrogen-bond donors (Lipinski definition) is 2. The highest BCUT2D eigenvalue weighted by molar-refractivity contribution is 6.31. The lowest BCUT2D eigenvalue weighted by molar-refractivity contribution is -0.141. The zero-order chi connectivity index (χ0) is 22.2. The summed E-state index contributed by atoms with van der Waals surface area (Å²) in [5.41, 5.74) is 5.22. The number of nitriles is 1. The molecule has 31 heavy (non-hydrogen) atoms. The highest BCUT2D eigenvalue weighted by atomic mass is 35.5. The van der Waals surface area contributed by atoms with Crippen LogP contribution in [0.15, 0.2) is 60.0 Å². The summed E-state index contributed by atoms with van der Waals surface area (Å²) in [6.07, 6.45) is -4.75. The smallest absolute Gasteiger partial charge is 0.433 e. The van der Waals surface area contributed by atoms with Crippen LogP contribution in [0.1, 0.15) is 28.3 Å². The summed E-state index contributed by atoms with van der Waals surface area (Å²) in [5.74, 6) is -1.57. The Balaban J connectivity index is 1.82. The predicted molar refractivity (Wildman–Crippen MR) is 105 cm³/mol. The molecule has 0 radical (unpaired) electrons. The van der Waals surface area contributed by atoms with Gasteiger partial charge in [-0.2, -0.15) is 18.4 Å². The minimum Gasteiger partial charge on any atom is -0.489 e. The number of aromatic amines is 1. The van der Waals surface area contributed by atoms with Crippen LogP contribution < -0.4 is 15.2 Å². The lowest BCUT2D eigenvalue weighted by atomic mass is 9.83. The van der Waals surface area contributed by atoms with Gasteiger partial charge in [0.05, 0.1) is 11.5 Å². The zero-order valence-corrected chi connectivity index (χ0v) is 16.5. The number of nitrogens with zero attached hydrogens (tertiary/aromatic N) is 2. The van der Waals surface area contributed by atoms with Crippen LogP contribution in [0.3, 0.4) is 0 Å². The lowest BCUT2D eigenvalue weighted by Gasteiger charge is -2.26. The summed E-state index contributed by atoms with van der Waals surface area (Å²) >= 11 is 6.17. The van der Waals surface area contributed by atoms with E-state index in [1.165, 1.54) is 0 Å². The van der Waals surface area contributed by atoms with Gasteiger partial charge in [-0.25, -0.2) is 0 Å². The molecule has 2 heterocycles. The Bertz CT molecular complexity index is 1210. The first-order chi connectivity index (χ1) is 14.8. The molecule has 4 rings (SSSR count). The summed E-state index contributed by atoms with van der Waals surface area (Å²) in [4.78, 5) is 0. The second-order valence-electron chi connectivity index (χ2n) is 6.66. The summed E-state index contributed by atoms with van der Waals surface area (Å²) in [5, 5.41) is 15.7. The normalized spacial score (nSPS) is 15.8. The quantitative estimate of drug-likeness (QED) is 0.595. The Morgan fingerprint density at radius 1 is 1.19 bits per heavy atom. The fourth-order valence-electron chi connectivity index (χ4n) is 3.39. The molecule has 0 spiro atoms. The first-order valence-corrected chi connectivity index (χ1v) is 9.37. The maximum absolute atomic E-state index is 13.6. The Kier molecular flexibility index (Phi) is 5.25. The number of allylic oxidation sites excluding steroid dienone is 1. The second-order valence-corrected chi connectivity index (χ2v) is 7.07. The summed E-state index contributed by atoms with van der Waals surface area (Å²) < 4.78 is 52.0. The first-order valence-electron chi connectivity index (χ1n) is 8.99. The van der Waals surface area contributed by atoms with Gasteiger partial charge in [-0.1, -0.05) is 48.0 Å². The maximum Gasteiger partial charge on any atom is 0.433 e. The molecule has 0 amide bonds. The van der Waals surface area contributed by atoms with E-state index in [9.17, 15) is 18.4 Å². The third kappa shape index (κ3) is 3.78. The number of alkyl halides is 3. The molecule has 2 aromatic carbocycles. The van der Waals surface area contributed by atoms with E-state index in [2.05, 4.69) is 5.10 Å². The molecule has 1 unspecified atom stereocenters. The molecule has 0 fully saturated rings. The van der Waals surface area contributed by atoms with Crippen LogP contribution in [0.4, 0.5) is 13.2 Å². The molecule has 0 bridgehead atoms. The topological polar surface area (TPSA) is 97.0 Å². The standard InChI is InChI=1S/C21H14ClF3N4O2/c22-14-7-3-1-5-11(14)10-30-15-8-4-2-6-12(15)16-13(9-26)19(27)31-20-17(16)18(28-29-20)21(23,24)25/h1-8,16H,10,27H2,(H,28,29). The van der Waals surface area contributed by atoms with E-state index in [1.807, 2.05) is 11.2 Å². The van der Waals surface area contributed by atoms with Crippen molar-refractivity contribution in [3.8, 4) is 17.7 Å². The number of fused-ring (bicyclic) bond motifs is 1. The minimum absolute atomic E-state index is 0.0748. The molecule has 6 nitrogen and oxygen atoms in total. The van der Waals surface area contributed by atoms with Gasteiger partial charge in [-0.05, 0) is 12.1 Å². The minimum atomic E-state index is -4.75. The van der Waals surface area contributed by atoms with Crippen molar-refractivity contribution in [2.24, 2.45) is 5.73 Å². The van der Waals surface area contributed by atoms with Crippen LogP contribution >= 0.6 is 11.6 Å². The number of benzene rings is 2. The molecule has 3 aromatic rings. The molecule has 10 heteroatoms. The van der Waals surface area contributed by atoms with Gasteiger partial charge < -0.3 is 15.2 Å². The van der Waals surface area contributed by atoms with Crippen molar-refractivity contribution >= 4 is 11.6 Å². The SMILES string of the molecule is N#CC1=C(N)Oc2n[nH]c(C(F)(F)F)c2C1c1ccccc1OCc1ccccc1Cl. The molecule has 0 saturated carbocycles. The molecule has 3 N–H and O–H groups in total. The molecule has 1 aliphatic rings. The van der Waals surface area contributed by atoms with Crippen molar-refractivity contribution in [1.29, 1.82) is 5.26 Å². The maximum atomic E-state index is 13.6. The van der Waals surface area contributed by atoms with E-state index in [0.29, 0.717) is 16.1 Å². The van der Waals surface area contributed by atoms with Crippen molar-refractivity contribution in [3.63, 3.8) is 0 Å². The van der Waals surface area contributed by atoms with Crippen molar-refractivity contribution in [2.75, 3.05) is 0 Å². The lowest BCUT2D eigenvalue weighted by Crippen LogP contribution is -2.23. The Labute approximate surface area is 179 Å². The number of nitrogens with one attached hydrogen (secondary N) is 1. The Hall–Kier alpha value is -3.64. The van der Waals surface area contributed by atoms with E-state index < -0.39 is 17.8 Å². The molecule has 1 aliphatic heterocycles. The largest absolute Gasteiger partial charge is 0.489 e. The first kappa shape index (κ1) is 20.6. The monoisotopic (exact) mass is 446 g/mol.